The van der Waals surface area contributed by atoms with Crippen molar-refractivity contribution in [3.05, 3.63) is 34.1 Å². The van der Waals surface area contributed by atoms with Gasteiger partial charge in [-0.3, -0.25) is 0 Å². The number of fused-ring (bicyclic) bond motifs is 1. The molecule has 0 spiro atoms. The number of hydrogen-bond acceptors (Lipinski definition) is 2. The number of benzene rings is 1. The van der Waals surface area contributed by atoms with Gasteiger partial charge in [-0.05, 0) is 0 Å². The molecule has 1 aromatic carbocycles. The van der Waals surface area contributed by atoms with E-state index in [0.717, 1.165) is 4.26 Å². The number of aromatic nitrogens is 1. The van der Waals surface area contributed by atoms with Crippen molar-refractivity contribution in [2.24, 2.45) is 0 Å². The zero-order chi connectivity index (χ0) is 14.2. The molecule has 0 aliphatic rings. The first-order chi connectivity index (χ1) is 8.91. The number of rotatable bonds is 3. The Kier molecular flexibility index (Phi) is 3.97. The summed E-state index contributed by atoms with van der Waals surface area (Å²) in [5.74, 6) is -0.0906. The van der Waals surface area contributed by atoms with Crippen LogP contribution in [-0.2, 0) is 0 Å². The second-order valence-electron chi connectivity index (χ2n) is 5.13. The average molecular weight is 325 g/mol. The summed E-state index contributed by atoms with van der Waals surface area (Å²) in [7, 11) is 0. The summed E-state index contributed by atoms with van der Waals surface area (Å²) in [5, 5.41) is 3.57. The molecule has 2 aromatic rings. The molecule has 0 aliphatic heterocycles. The van der Waals surface area contributed by atoms with E-state index in [1.165, 1.54) is 0 Å². The molecule has 0 aliphatic carbocycles. The minimum absolute atomic E-state index is 0.0456. The number of amides is 1. The summed E-state index contributed by atoms with van der Waals surface area (Å²) < 4.78 is 2.76. The summed E-state index contributed by atoms with van der Waals surface area (Å²) in [6.07, 6.45) is 0. The van der Waals surface area contributed by atoms with E-state index >= 15 is 0 Å². The van der Waals surface area contributed by atoms with Crippen LogP contribution in [0.4, 0.5) is 0 Å². The van der Waals surface area contributed by atoms with E-state index in [4.69, 9.17) is 0 Å². The second-order valence-corrected chi connectivity index (χ2v) is 7.19. The van der Waals surface area contributed by atoms with Crippen LogP contribution in [-0.4, -0.2) is 30.2 Å². The van der Waals surface area contributed by atoms with E-state index in [1.807, 2.05) is 37.3 Å². The predicted octanol–water partition coefficient (Wildman–Crippen LogP) is 1.78. The van der Waals surface area contributed by atoms with Crippen molar-refractivity contribution < 1.29 is 4.79 Å². The fraction of sp³-hybridized carbons (Fsp3) is 0.429. The molecule has 0 saturated heterocycles. The third kappa shape index (κ3) is 2.67. The molecular formula is C14H18N2O2Se. The Morgan fingerprint density at radius 2 is 1.95 bits per heavy atom. The van der Waals surface area contributed by atoms with Crippen molar-refractivity contribution in [1.29, 1.82) is 0 Å². The van der Waals surface area contributed by atoms with Crippen LogP contribution >= 0.6 is 0 Å². The molecule has 1 aromatic heterocycles. The van der Waals surface area contributed by atoms with E-state index in [2.05, 4.69) is 5.32 Å². The molecule has 1 heterocycles. The maximum absolute atomic E-state index is 12.2. The summed E-state index contributed by atoms with van der Waals surface area (Å²) in [5.41, 5.74) is 0.687. The van der Waals surface area contributed by atoms with Crippen LogP contribution in [0.5, 0.6) is 0 Å². The van der Waals surface area contributed by atoms with Gasteiger partial charge in [0, 0.05) is 0 Å². The molecule has 2 rings (SSSR count). The molecule has 5 heteroatoms. The fourth-order valence-electron chi connectivity index (χ4n) is 1.92. The molecular weight excluding hydrogens is 307 g/mol. The van der Waals surface area contributed by atoms with Crippen LogP contribution in [0.3, 0.4) is 0 Å². The topological polar surface area (TPSA) is 51.1 Å². The number of hydrogen-bond donors (Lipinski definition) is 1. The summed E-state index contributed by atoms with van der Waals surface area (Å²) in [6, 6.07) is 5.66. The molecule has 19 heavy (non-hydrogen) atoms. The molecule has 0 bridgehead atoms. The van der Waals surface area contributed by atoms with E-state index in [0.29, 0.717) is 10.9 Å². The third-order valence-electron chi connectivity index (χ3n) is 2.77. The van der Waals surface area contributed by atoms with Crippen LogP contribution in [0.25, 0.3) is 9.65 Å². The van der Waals surface area contributed by atoms with Gasteiger partial charge in [-0.15, -0.1) is 0 Å². The van der Waals surface area contributed by atoms with Crippen molar-refractivity contribution >= 4 is 30.3 Å². The first-order valence-corrected chi connectivity index (χ1v) is 7.99. The van der Waals surface area contributed by atoms with Gasteiger partial charge in [-0.25, -0.2) is 0 Å². The SMILES string of the molecule is CC(C)NC(=O)c1cccc2c(=O)n(C(C)C)[se]c12. The molecule has 0 radical (unpaired) electrons. The van der Waals surface area contributed by atoms with Crippen molar-refractivity contribution in [3.63, 3.8) is 0 Å². The number of carbonyl (C=O) groups excluding carboxylic acids is 1. The monoisotopic (exact) mass is 326 g/mol. The van der Waals surface area contributed by atoms with Crippen LogP contribution in [0.2, 0.25) is 0 Å². The average Bonchev–Trinajstić information content (AvgIpc) is 2.66. The standard InChI is InChI=1S/C14H18N2O2Se/c1-8(2)15-13(17)10-6-5-7-11-12(10)19-16(9(3)4)14(11)18/h5-9H,1-4H3,(H,15,17). The first kappa shape index (κ1) is 14.1. The Labute approximate surface area is 118 Å². The Balaban J connectivity index is 2.61. The molecule has 102 valence electrons. The molecule has 1 amide bonds. The minimum atomic E-state index is -0.106. The maximum atomic E-state index is 12.2. The quantitative estimate of drug-likeness (QED) is 0.875. The third-order valence-corrected chi connectivity index (χ3v) is 5.72. The molecule has 0 saturated carbocycles. The Hall–Kier alpha value is -1.32. The fourth-order valence-corrected chi connectivity index (χ4v) is 4.23. The van der Waals surface area contributed by atoms with Crippen molar-refractivity contribution in [1.82, 2.24) is 8.88 Å². The van der Waals surface area contributed by atoms with Crippen LogP contribution in [0, 0.1) is 0 Å². The number of carbonyl (C=O) groups is 1. The van der Waals surface area contributed by atoms with Gasteiger partial charge in [-0.2, -0.15) is 0 Å². The van der Waals surface area contributed by atoms with Gasteiger partial charge in [0.2, 0.25) is 0 Å². The predicted molar refractivity (Wildman–Crippen MR) is 78.1 cm³/mol. The summed E-state index contributed by atoms with van der Waals surface area (Å²) >= 11 is -0.106. The molecule has 0 atom stereocenters. The van der Waals surface area contributed by atoms with Crippen LogP contribution in [0.15, 0.2) is 23.0 Å². The zero-order valence-corrected chi connectivity index (χ0v) is 13.3. The second kappa shape index (κ2) is 5.35. The summed E-state index contributed by atoms with van der Waals surface area (Å²) in [6.45, 7) is 7.86. The number of nitrogens with one attached hydrogen (secondary N) is 1. The molecule has 4 nitrogen and oxygen atoms in total. The van der Waals surface area contributed by atoms with E-state index in [-0.39, 0.29) is 38.3 Å². The summed E-state index contributed by atoms with van der Waals surface area (Å²) in [4.78, 5) is 24.4. The molecule has 0 unspecified atom stereocenters. The molecule has 1 N–H and O–H groups in total. The van der Waals surface area contributed by atoms with Gasteiger partial charge in [0.1, 0.15) is 0 Å². The molecule has 0 fully saturated rings. The number of nitrogens with zero attached hydrogens (tertiary/aromatic N) is 1. The van der Waals surface area contributed by atoms with E-state index < -0.39 is 0 Å². The van der Waals surface area contributed by atoms with Gasteiger partial charge in [-0.1, -0.05) is 0 Å². The van der Waals surface area contributed by atoms with E-state index in [9.17, 15) is 9.59 Å². The van der Waals surface area contributed by atoms with Gasteiger partial charge in [0.25, 0.3) is 0 Å². The van der Waals surface area contributed by atoms with Crippen molar-refractivity contribution in [2.75, 3.05) is 0 Å². The van der Waals surface area contributed by atoms with Gasteiger partial charge in [0.15, 0.2) is 0 Å². The normalized spacial score (nSPS) is 11.5. The van der Waals surface area contributed by atoms with Crippen molar-refractivity contribution in [3.8, 4) is 0 Å². The Morgan fingerprint density at radius 3 is 2.53 bits per heavy atom. The first-order valence-electron chi connectivity index (χ1n) is 6.37. The van der Waals surface area contributed by atoms with Gasteiger partial charge >= 0.3 is 118 Å². The van der Waals surface area contributed by atoms with Crippen LogP contribution in [0.1, 0.15) is 44.1 Å². The van der Waals surface area contributed by atoms with Gasteiger partial charge < -0.3 is 0 Å². The van der Waals surface area contributed by atoms with Gasteiger partial charge in [0.05, 0.1) is 0 Å². The van der Waals surface area contributed by atoms with Crippen LogP contribution < -0.4 is 10.9 Å². The zero-order valence-electron chi connectivity index (χ0n) is 11.6. The Morgan fingerprint density at radius 1 is 1.26 bits per heavy atom. The Bertz CT molecular complexity index is 668. The van der Waals surface area contributed by atoms with E-state index in [1.54, 1.807) is 12.1 Å². The van der Waals surface area contributed by atoms with Crippen molar-refractivity contribution in [2.45, 2.75) is 39.8 Å².